The zero-order valence-corrected chi connectivity index (χ0v) is 15.0. The van der Waals surface area contributed by atoms with Gasteiger partial charge in [0.25, 0.3) is 5.91 Å². The van der Waals surface area contributed by atoms with Gasteiger partial charge in [0.05, 0.1) is 17.0 Å². The molecule has 1 aromatic rings. The van der Waals surface area contributed by atoms with Crippen LogP contribution in [0.4, 0.5) is 0 Å². The van der Waals surface area contributed by atoms with Crippen LogP contribution in [0.25, 0.3) is 0 Å². The molecule has 0 saturated heterocycles. The number of hydrogen-bond acceptors (Lipinski definition) is 5. The van der Waals surface area contributed by atoms with Crippen molar-refractivity contribution in [3.8, 4) is 0 Å². The van der Waals surface area contributed by atoms with Crippen LogP contribution in [0.1, 0.15) is 30.6 Å². The van der Waals surface area contributed by atoms with E-state index in [-0.39, 0.29) is 21.4 Å². The van der Waals surface area contributed by atoms with Crippen molar-refractivity contribution >= 4 is 33.3 Å². The van der Waals surface area contributed by atoms with Crippen LogP contribution in [-0.4, -0.2) is 39.7 Å². The van der Waals surface area contributed by atoms with Crippen LogP contribution in [0.3, 0.4) is 0 Å². The van der Waals surface area contributed by atoms with E-state index in [0.29, 0.717) is 6.42 Å². The number of carbonyl (C=O) groups excluding carboxylic acids is 2. The number of esters is 1. The van der Waals surface area contributed by atoms with Gasteiger partial charge in [-0.05, 0) is 30.5 Å². The minimum atomic E-state index is -3.56. The van der Waals surface area contributed by atoms with Crippen molar-refractivity contribution in [1.29, 1.82) is 0 Å². The van der Waals surface area contributed by atoms with Gasteiger partial charge >= 0.3 is 5.97 Å². The van der Waals surface area contributed by atoms with Crippen molar-refractivity contribution in [2.45, 2.75) is 31.2 Å². The molecule has 23 heavy (non-hydrogen) atoms. The maximum atomic E-state index is 12.3. The minimum Gasteiger partial charge on any atom is -0.467 e. The molecule has 0 heterocycles. The number of methoxy groups -OCH3 is 1. The van der Waals surface area contributed by atoms with E-state index in [1.165, 1.54) is 25.3 Å². The van der Waals surface area contributed by atoms with Gasteiger partial charge in [-0.3, -0.25) is 4.79 Å². The van der Waals surface area contributed by atoms with Crippen LogP contribution in [0, 0.1) is 5.92 Å². The van der Waals surface area contributed by atoms with Gasteiger partial charge in [0.15, 0.2) is 9.84 Å². The summed E-state index contributed by atoms with van der Waals surface area (Å²) in [5, 5.41) is 2.60. The van der Waals surface area contributed by atoms with E-state index in [1.807, 2.05) is 13.8 Å². The molecule has 0 aliphatic heterocycles. The molecule has 0 aliphatic rings. The molecule has 0 saturated carbocycles. The number of sulfone groups is 1. The van der Waals surface area contributed by atoms with E-state index in [0.717, 1.165) is 6.26 Å². The number of amides is 1. The minimum absolute atomic E-state index is 0.0377. The van der Waals surface area contributed by atoms with Crippen LogP contribution >= 0.6 is 11.6 Å². The topological polar surface area (TPSA) is 89.5 Å². The summed E-state index contributed by atoms with van der Waals surface area (Å²) in [7, 11) is -2.32. The standard InChI is InChI=1S/C15H20ClNO5S/c1-9(2)7-12(15(19)22-3)17-14(18)10-5-6-11(16)13(8-10)23(4,20)21/h5-6,8-9,12H,7H2,1-4H3,(H,17,18). The lowest BCUT2D eigenvalue weighted by atomic mass is 10.0. The largest absolute Gasteiger partial charge is 0.467 e. The van der Waals surface area contributed by atoms with E-state index in [1.54, 1.807) is 0 Å². The molecular formula is C15H20ClNO5S. The maximum absolute atomic E-state index is 12.3. The van der Waals surface area contributed by atoms with Gasteiger partial charge in [0, 0.05) is 11.8 Å². The fraction of sp³-hybridized carbons (Fsp3) is 0.467. The summed E-state index contributed by atoms with van der Waals surface area (Å²) in [6.07, 6.45) is 1.41. The SMILES string of the molecule is COC(=O)C(CC(C)C)NC(=O)c1ccc(Cl)c(S(C)(=O)=O)c1. The predicted molar refractivity (Wildman–Crippen MR) is 87.3 cm³/mol. The highest BCUT2D eigenvalue weighted by molar-refractivity contribution is 7.90. The summed E-state index contributed by atoms with van der Waals surface area (Å²) < 4.78 is 28.0. The summed E-state index contributed by atoms with van der Waals surface area (Å²) in [6, 6.07) is 3.12. The molecule has 6 nitrogen and oxygen atoms in total. The van der Waals surface area contributed by atoms with Crippen LogP contribution < -0.4 is 5.32 Å². The average molecular weight is 362 g/mol. The Morgan fingerprint density at radius 2 is 1.91 bits per heavy atom. The highest BCUT2D eigenvalue weighted by Crippen LogP contribution is 2.22. The van der Waals surface area contributed by atoms with Crippen LogP contribution in [-0.2, 0) is 19.4 Å². The molecule has 0 spiro atoms. The fourth-order valence-electron chi connectivity index (χ4n) is 2.00. The van der Waals surface area contributed by atoms with Crippen molar-refractivity contribution in [3.63, 3.8) is 0 Å². The Bertz CT molecular complexity index is 700. The first-order chi connectivity index (χ1) is 10.6. The van der Waals surface area contributed by atoms with Crippen molar-refractivity contribution in [3.05, 3.63) is 28.8 Å². The molecule has 1 rings (SSSR count). The quantitative estimate of drug-likeness (QED) is 0.783. The van der Waals surface area contributed by atoms with E-state index >= 15 is 0 Å². The molecule has 0 aromatic heterocycles. The molecule has 1 atom stereocenters. The van der Waals surface area contributed by atoms with E-state index < -0.39 is 27.8 Å². The van der Waals surface area contributed by atoms with Crippen LogP contribution in [0.15, 0.2) is 23.1 Å². The molecule has 0 aliphatic carbocycles. The number of halogens is 1. The average Bonchev–Trinajstić information content (AvgIpc) is 2.44. The summed E-state index contributed by atoms with van der Waals surface area (Å²) in [4.78, 5) is 23.9. The lowest BCUT2D eigenvalue weighted by Gasteiger charge is -2.18. The Morgan fingerprint density at radius 3 is 2.39 bits per heavy atom. The first-order valence-electron chi connectivity index (χ1n) is 6.94. The Kier molecular flexibility index (Phi) is 6.58. The lowest BCUT2D eigenvalue weighted by Crippen LogP contribution is -2.42. The molecule has 1 unspecified atom stereocenters. The van der Waals surface area contributed by atoms with Crippen molar-refractivity contribution in [1.82, 2.24) is 5.32 Å². The van der Waals surface area contributed by atoms with Gasteiger partial charge in [-0.1, -0.05) is 25.4 Å². The summed E-state index contributed by atoms with van der Waals surface area (Å²) in [5.41, 5.74) is 0.104. The third kappa shape index (κ3) is 5.51. The second-order valence-electron chi connectivity index (χ2n) is 5.60. The van der Waals surface area contributed by atoms with Gasteiger partial charge < -0.3 is 10.1 Å². The van der Waals surface area contributed by atoms with Gasteiger partial charge in [0.2, 0.25) is 0 Å². The Labute approximate surface area is 141 Å². The van der Waals surface area contributed by atoms with E-state index in [4.69, 9.17) is 11.6 Å². The van der Waals surface area contributed by atoms with Gasteiger partial charge in [-0.25, -0.2) is 13.2 Å². The zero-order valence-electron chi connectivity index (χ0n) is 13.4. The first-order valence-corrected chi connectivity index (χ1v) is 9.21. The molecule has 0 fully saturated rings. The summed E-state index contributed by atoms with van der Waals surface area (Å²) >= 11 is 5.85. The number of hydrogen-bond donors (Lipinski definition) is 1. The van der Waals surface area contributed by atoms with Crippen molar-refractivity contribution in [2.24, 2.45) is 5.92 Å². The zero-order chi connectivity index (χ0) is 17.8. The van der Waals surface area contributed by atoms with Gasteiger partial charge in [-0.15, -0.1) is 0 Å². The predicted octanol–water partition coefficient (Wildman–Crippen LogP) is 2.06. The normalized spacial score (nSPS) is 12.8. The molecule has 1 amide bonds. The second-order valence-corrected chi connectivity index (χ2v) is 7.99. The van der Waals surface area contributed by atoms with Gasteiger partial charge in [0.1, 0.15) is 6.04 Å². The number of carbonyl (C=O) groups is 2. The third-order valence-electron chi connectivity index (χ3n) is 3.09. The Morgan fingerprint density at radius 1 is 1.30 bits per heavy atom. The Hall–Kier alpha value is -1.60. The Balaban J connectivity index is 3.07. The highest BCUT2D eigenvalue weighted by atomic mass is 35.5. The van der Waals surface area contributed by atoms with Crippen molar-refractivity contribution < 1.29 is 22.7 Å². The number of rotatable bonds is 6. The molecule has 0 bridgehead atoms. The molecule has 0 radical (unpaired) electrons. The van der Waals surface area contributed by atoms with Gasteiger partial charge in [-0.2, -0.15) is 0 Å². The molecule has 8 heteroatoms. The third-order valence-corrected chi connectivity index (χ3v) is 4.67. The smallest absolute Gasteiger partial charge is 0.328 e. The fourth-order valence-corrected chi connectivity index (χ4v) is 3.30. The molecule has 1 N–H and O–H groups in total. The first kappa shape index (κ1) is 19.4. The molecular weight excluding hydrogens is 342 g/mol. The number of ether oxygens (including phenoxy) is 1. The lowest BCUT2D eigenvalue weighted by molar-refractivity contribution is -0.143. The van der Waals surface area contributed by atoms with E-state index in [9.17, 15) is 18.0 Å². The second kappa shape index (κ2) is 7.79. The van der Waals surface area contributed by atoms with Crippen molar-refractivity contribution in [2.75, 3.05) is 13.4 Å². The van der Waals surface area contributed by atoms with Crippen LogP contribution in [0.2, 0.25) is 5.02 Å². The summed E-state index contributed by atoms with van der Waals surface area (Å²) in [5.74, 6) is -0.955. The number of benzene rings is 1. The van der Waals surface area contributed by atoms with E-state index in [2.05, 4.69) is 10.1 Å². The number of nitrogens with one attached hydrogen (secondary N) is 1. The maximum Gasteiger partial charge on any atom is 0.328 e. The molecule has 1 aromatic carbocycles. The monoisotopic (exact) mass is 361 g/mol. The van der Waals surface area contributed by atoms with Crippen LogP contribution in [0.5, 0.6) is 0 Å². The highest BCUT2D eigenvalue weighted by Gasteiger charge is 2.24. The molecule has 128 valence electrons. The summed E-state index contributed by atoms with van der Waals surface area (Å²) in [6.45, 7) is 3.82.